The van der Waals surface area contributed by atoms with Crippen LogP contribution in [0, 0.1) is 0 Å². The standard InChI is InChI=1S/C26H27ClN2O2/c27-22-10-7-13-25(20-22)31-26(30)29(23-11-5-2-6-12-23)24-15-18-28(19-16-24)17-14-21-8-3-1-4-9-21/h1-13,20,24H,14-19H2. The second-order valence-corrected chi connectivity index (χ2v) is 8.28. The van der Waals surface area contributed by atoms with E-state index < -0.39 is 0 Å². The molecule has 0 bridgehead atoms. The van der Waals surface area contributed by atoms with Gasteiger partial charge in [-0.2, -0.15) is 0 Å². The van der Waals surface area contributed by atoms with Gasteiger partial charge in [0.2, 0.25) is 0 Å². The first kappa shape index (κ1) is 21.4. The summed E-state index contributed by atoms with van der Waals surface area (Å²) in [5.41, 5.74) is 2.22. The minimum atomic E-state index is -0.365. The van der Waals surface area contributed by atoms with Crippen LogP contribution in [0.2, 0.25) is 5.02 Å². The molecule has 0 spiro atoms. The Kier molecular flexibility index (Phi) is 7.23. The zero-order chi connectivity index (χ0) is 21.5. The Morgan fingerprint density at radius 1 is 0.935 bits per heavy atom. The summed E-state index contributed by atoms with van der Waals surface area (Å²) in [6.07, 6.45) is 2.50. The molecule has 1 aliphatic heterocycles. The first-order valence-corrected chi connectivity index (χ1v) is 11.1. The number of halogens is 1. The van der Waals surface area contributed by atoms with Gasteiger partial charge >= 0.3 is 6.09 Å². The summed E-state index contributed by atoms with van der Waals surface area (Å²) < 4.78 is 5.69. The van der Waals surface area contributed by atoms with Gasteiger partial charge in [-0.25, -0.2) is 4.79 Å². The third-order valence-electron chi connectivity index (χ3n) is 5.71. The molecule has 0 N–H and O–H groups in total. The SMILES string of the molecule is O=C(Oc1cccc(Cl)c1)N(c1ccccc1)C1CCN(CCc2ccccc2)CC1. The van der Waals surface area contributed by atoms with Crippen LogP contribution in [-0.4, -0.2) is 36.7 Å². The van der Waals surface area contributed by atoms with Gasteiger partial charge in [0, 0.05) is 36.4 Å². The lowest BCUT2D eigenvalue weighted by molar-refractivity contribution is 0.186. The number of carbonyl (C=O) groups excluding carboxylic acids is 1. The van der Waals surface area contributed by atoms with Crippen molar-refractivity contribution in [2.75, 3.05) is 24.5 Å². The monoisotopic (exact) mass is 434 g/mol. The summed E-state index contributed by atoms with van der Waals surface area (Å²) in [5, 5.41) is 0.545. The number of piperidine rings is 1. The van der Waals surface area contributed by atoms with Gasteiger partial charge in [0.05, 0.1) is 0 Å². The Balaban J connectivity index is 1.41. The van der Waals surface area contributed by atoms with Crippen molar-refractivity contribution >= 4 is 23.4 Å². The fourth-order valence-electron chi connectivity index (χ4n) is 4.07. The van der Waals surface area contributed by atoms with E-state index in [9.17, 15) is 4.79 Å². The van der Waals surface area contributed by atoms with E-state index in [-0.39, 0.29) is 12.1 Å². The number of hydrogen-bond donors (Lipinski definition) is 0. The van der Waals surface area contributed by atoms with E-state index in [1.807, 2.05) is 30.3 Å². The predicted molar refractivity (Wildman–Crippen MR) is 126 cm³/mol. The van der Waals surface area contributed by atoms with Crippen LogP contribution in [0.15, 0.2) is 84.9 Å². The summed E-state index contributed by atoms with van der Waals surface area (Å²) in [4.78, 5) is 17.4. The molecule has 0 saturated carbocycles. The van der Waals surface area contributed by atoms with Gasteiger partial charge < -0.3 is 9.64 Å². The molecule has 0 aliphatic carbocycles. The second kappa shape index (κ2) is 10.5. The van der Waals surface area contributed by atoms with E-state index >= 15 is 0 Å². The van der Waals surface area contributed by atoms with E-state index in [1.54, 1.807) is 29.2 Å². The summed E-state index contributed by atoms with van der Waals surface area (Å²) >= 11 is 6.05. The van der Waals surface area contributed by atoms with Gasteiger partial charge in [-0.15, -0.1) is 0 Å². The molecular weight excluding hydrogens is 408 g/mol. The molecule has 31 heavy (non-hydrogen) atoms. The van der Waals surface area contributed by atoms with Crippen molar-refractivity contribution in [2.24, 2.45) is 0 Å². The molecule has 5 heteroatoms. The zero-order valence-corrected chi connectivity index (χ0v) is 18.2. The first-order chi connectivity index (χ1) is 15.2. The van der Waals surface area contributed by atoms with Crippen molar-refractivity contribution in [1.29, 1.82) is 0 Å². The number of nitrogens with zero attached hydrogens (tertiary/aromatic N) is 2. The summed E-state index contributed by atoms with van der Waals surface area (Å²) in [7, 11) is 0. The normalized spacial score (nSPS) is 14.9. The largest absolute Gasteiger partial charge is 0.420 e. The van der Waals surface area contributed by atoms with Crippen LogP contribution in [0.4, 0.5) is 10.5 Å². The second-order valence-electron chi connectivity index (χ2n) is 7.84. The van der Waals surface area contributed by atoms with Crippen molar-refractivity contribution in [3.63, 3.8) is 0 Å². The molecule has 1 amide bonds. The van der Waals surface area contributed by atoms with Crippen LogP contribution in [-0.2, 0) is 6.42 Å². The Bertz CT molecular complexity index is 973. The molecule has 1 saturated heterocycles. The van der Waals surface area contributed by atoms with Gasteiger partial charge in [0.25, 0.3) is 0 Å². The third kappa shape index (κ3) is 5.87. The number of ether oxygens (including phenoxy) is 1. The summed E-state index contributed by atoms with van der Waals surface area (Å²) in [5.74, 6) is 0.457. The number of carbonyl (C=O) groups is 1. The Morgan fingerprint density at radius 2 is 1.61 bits per heavy atom. The lowest BCUT2D eigenvalue weighted by Crippen LogP contribution is -2.49. The number of hydrogen-bond acceptors (Lipinski definition) is 3. The van der Waals surface area contributed by atoms with Crippen molar-refractivity contribution in [3.8, 4) is 5.75 Å². The number of para-hydroxylation sites is 1. The Morgan fingerprint density at radius 3 is 2.29 bits per heavy atom. The molecule has 0 aromatic heterocycles. The Labute approximate surface area is 189 Å². The first-order valence-electron chi connectivity index (χ1n) is 10.8. The number of benzene rings is 3. The van der Waals surface area contributed by atoms with Gasteiger partial charge in [0.15, 0.2) is 0 Å². The van der Waals surface area contributed by atoms with E-state index in [1.165, 1.54) is 5.56 Å². The molecule has 1 heterocycles. The number of rotatable bonds is 6. The van der Waals surface area contributed by atoms with Gasteiger partial charge in [-0.1, -0.05) is 66.2 Å². The fraction of sp³-hybridized carbons (Fsp3) is 0.269. The van der Waals surface area contributed by atoms with E-state index in [0.717, 1.165) is 44.6 Å². The highest BCUT2D eigenvalue weighted by Gasteiger charge is 2.30. The highest BCUT2D eigenvalue weighted by atomic mass is 35.5. The lowest BCUT2D eigenvalue weighted by Gasteiger charge is -2.38. The number of anilines is 1. The maximum absolute atomic E-state index is 13.2. The number of amides is 1. The highest BCUT2D eigenvalue weighted by Crippen LogP contribution is 2.26. The molecule has 3 aromatic carbocycles. The van der Waals surface area contributed by atoms with E-state index in [4.69, 9.17) is 16.3 Å². The van der Waals surface area contributed by atoms with Gasteiger partial charge in [-0.05, 0) is 55.2 Å². The van der Waals surface area contributed by atoms with E-state index in [2.05, 4.69) is 35.2 Å². The Hall–Kier alpha value is -2.82. The molecule has 0 atom stereocenters. The van der Waals surface area contributed by atoms with Crippen LogP contribution < -0.4 is 9.64 Å². The minimum absolute atomic E-state index is 0.0991. The average Bonchev–Trinajstić information content (AvgIpc) is 2.80. The van der Waals surface area contributed by atoms with Crippen molar-refractivity contribution in [2.45, 2.75) is 25.3 Å². The molecule has 0 unspecified atom stereocenters. The highest BCUT2D eigenvalue weighted by molar-refractivity contribution is 6.30. The van der Waals surface area contributed by atoms with Gasteiger partial charge in [0.1, 0.15) is 5.75 Å². The third-order valence-corrected chi connectivity index (χ3v) is 5.95. The molecule has 1 aliphatic rings. The van der Waals surface area contributed by atoms with Crippen LogP contribution in [0.25, 0.3) is 0 Å². The fourth-order valence-corrected chi connectivity index (χ4v) is 4.25. The molecule has 4 nitrogen and oxygen atoms in total. The number of likely N-dealkylation sites (tertiary alicyclic amines) is 1. The maximum atomic E-state index is 13.2. The molecule has 160 valence electrons. The van der Waals surface area contributed by atoms with Crippen molar-refractivity contribution in [3.05, 3.63) is 95.5 Å². The van der Waals surface area contributed by atoms with Crippen LogP contribution in [0.1, 0.15) is 18.4 Å². The molecule has 4 rings (SSSR count). The van der Waals surface area contributed by atoms with E-state index in [0.29, 0.717) is 10.8 Å². The predicted octanol–water partition coefficient (Wildman–Crippen LogP) is 6.05. The summed E-state index contributed by atoms with van der Waals surface area (Å²) in [6, 6.07) is 27.4. The topological polar surface area (TPSA) is 32.8 Å². The molecule has 1 fully saturated rings. The molecular formula is C26H27ClN2O2. The lowest BCUT2D eigenvalue weighted by atomic mass is 10.0. The zero-order valence-electron chi connectivity index (χ0n) is 17.5. The minimum Gasteiger partial charge on any atom is -0.410 e. The van der Waals surface area contributed by atoms with Crippen LogP contribution in [0.5, 0.6) is 5.75 Å². The smallest absolute Gasteiger partial charge is 0.410 e. The summed E-state index contributed by atoms with van der Waals surface area (Å²) in [6.45, 7) is 2.96. The molecule has 3 aromatic rings. The van der Waals surface area contributed by atoms with Crippen LogP contribution in [0.3, 0.4) is 0 Å². The van der Waals surface area contributed by atoms with Crippen molar-refractivity contribution < 1.29 is 9.53 Å². The average molecular weight is 435 g/mol. The quantitative estimate of drug-likeness (QED) is 0.473. The molecule has 0 radical (unpaired) electrons. The maximum Gasteiger partial charge on any atom is 0.420 e. The van der Waals surface area contributed by atoms with Crippen LogP contribution >= 0.6 is 11.6 Å². The van der Waals surface area contributed by atoms with Crippen molar-refractivity contribution in [1.82, 2.24) is 4.90 Å². The van der Waals surface area contributed by atoms with Gasteiger partial charge in [-0.3, -0.25) is 4.90 Å².